The number of aryl methyl sites for hydroxylation is 1. The van der Waals surface area contributed by atoms with Crippen molar-refractivity contribution in [2.24, 2.45) is 5.92 Å². The number of aliphatic hydroxyl groups is 1. The molecule has 6 atom stereocenters. The second-order valence-corrected chi connectivity index (χ2v) is 17.9. The number of likely N-dealkylation sites (tertiary alicyclic amines) is 1. The molecular weight excluding hydrogens is 743 g/mol. The molecule has 0 unspecified atom stereocenters. The molecule has 0 aromatic heterocycles. The summed E-state index contributed by atoms with van der Waals surface area (Å²) in [7, 11) is -3.98. The minimum Gasteiger partial charge on any atom is -0.459 e. The Bertz CT molecular complexity index is 2050. The average molecular weight is 798 g/mol. The molecule has 57 heavy (non-hydrogen) atoms. The molecule has 12 heteroatoms. The Morgan fingerprint density at radius 3 is 2.18 bits per heavy atom. The van der Waals surface area contributed by atoms with Gasteiger partial charge in [0.15, 0.2) is 6.29 Å². The molecule has 2 fully saturated rings. The zero-order chi connectivity index (χ0) is 40.7. The number of carbonyl (C=O) groups excluding carboxylic acids is 2. The quantitative estimate of drug-likeness (QED) is 0.126. The number of benzene rings is 4. The summed E-state index contributed by atoms with van der Waals surface area (Å²) in [6.45, 7) is 11.0. The molecule has 304 valence electrons. The van der Waals surface area contributed by atoms with E-state index < -0.39 is 33.9 Å². The van der Waals surface area contributed by atoms with Gasteiger partial charge in [0.25, 0.3) is 0 Å². The van der Waals surface area contributed by atoms with Gasteiger partial charge in [-0.15, -0.1) is 0 Å². The minimum absolute atomic E-state index is 0.0553. The highest BCUT2D eigenvalue weighted by Gasteiger charge is 2.42. The van der Waals surface area contributed by atoms with Crippen LogP contribution in [0.15, 0.2) is 108 Å². The fraction of sp³-hybridized carbons (Fsp3) is 0.422. The van der Waals surface area contributed by atoms with Crippen molar-refractivity contribution in [3.05, 3.63) is 137 Å². The van der Waals surface area contributed by atoms with Gasteiger partial charge in [-0.3, -0.25) is 14.5 Å². The maximum absolute atomic E-state index is 13.6. The molecule has 3 N–H and O–H groups in total. The SMILES string of the molecule is Cc1ccc(S(=O)(=O)N[C@H](Cc2ccccc2)C(=O)NCc2ccc([C@H]3O[C@@H](CN4CCC[C@H]4C(=O)OC(C)(C)C)[C@@H](C)[C@@H](c4ccc(CO)cc4)O3)cc2)cc1. The van der Waals surface area contributed by atoms with Crippen molar-refractivity contribution in [2.75, 3.05) is 13.1 Å². The van der Waals surface area contributed by atoms with Gasteiger partial charge in [-0.25, -0.2) is 8.42 Å². The second-order valence-electron chi connectivity index (χ2n) is 16.1. The lowest BCUT2D eigenvalue weighted by Crippen LogP contribution is -2.48. The fourth-order valence-electron chi connectivity index (χ4n) is 7.36. The third-order valence-electron chi connectivity index (χ3n) is 10.5. The predicted octanol–water partition coefficient (Wildman–Crippen LogP) is 6.29. The predicted molar refractivity (Wildman–Crippen MR) is 217 cm³/mol. The lowest BCUT2D eigenvalue weighted by atomic mass is 9.90. The number of amides is 1. The minimum atomic E-state index is -3.98. The number of carbonyl (C=O) groups is 2. The van der Waals surface area contributed by atoms with Crippen LogP contribution >= 0.6 is 0 Å². The Morgan fingerprint density at radius 2 is 1.53 bits per heavy atom. The molecule has 2 heterocycles. The maximum atomic E-state index is 13.6. The number of nitrogens with zero attached hydrogens (tertiary/aromatic N) is 1. The van der Waals surface area contributed by atoms with E-state index in [0.717, 1.165) is 52.8 Å². The third-order valence-corrected chi connectivity index (χ3v) is 12.0. The molecule has 2 aliphatic heterocycles. The maximum Gasteiger partial charge on any atom is 0.323 e. The van der Waals surface area contributed by atoms with Gasteiger partial charge in [-0.1, -0.05) is 103 Å². The van der Waals surface area contributed by atoms with Gasteiger partial charge in [-0.05, 0) is 87.9 Å². The van der Waals surface area contributed by atoms with Gasteiger partial charge in [0, 0.05) is 24.6 Å². The summed E-state index contributed by atoms with van der Waals surface area (Å²) in [6, 6.07) is 29.7. The van der Waals surface area contributed by atoms with Gasteiger partial charge in [-0.2, -0.15) is 4.72 Å². The van der Waals surface area contributed by atoms with E-state index in [0.29, 0.717) is 6.54 Å². The van der Waals surface area contributed by atoms with Crippen molar-refractivity contribution in [3.63, 3.8) is 0 Å². The number of aliphatic hydroxyl groups excluding tert-OH is 1. The van der Waals surface area contributed by atoms with Crippen molar-refractivity contribution in [1.82, 2.24) is 14.9 Å². The Labute approximate surface area is 336 Å². The first-order chi connectivity index (χ1) is 27.2. The Hall–Kier alpha value is -4.43. The number of hydrogen-bond acceptors (Lipinski definition) is 9. The topological polar surface area (TPSA) is 144 Å². The van der Waals surface area contributed by atoms with Crippen molar-refractivity contribution in [3.8, 4) is 0 Å². The summed E-state index contributed by atoms with van der Waals surface area (Å²) in [6.07, 6.45) is 0.469. The van der Waals surface area contributed by atoms with E-state index in [1.165, 1.54) is 12.1 Å². The first-order valence-electron chi connectivity index (χ1n) is 19.7. The number of hydrogen-bond donors (Lipinski definition) is 3. The molecule has 0 bridgehead atoms. The zero-order valence-electron chi connectivity index (χ0n) is 33.4. The van der Waals surface area contributed by atoms with Crippen LogP contribution in [0.3, 0.4) is 0 Å². The monoisotopic (exact) mass is 797 g/mol. The molecule has 0 saturated carbocycles. The standard InChI is InChI=1S/C45H55N3O8S/c1-30-13-23-37(24-14-30)57(52,53)47-38(26-32-10-7-6-8-11-32)42(50)46-27-33-15-21-36(22-16-33)44-54-40(28-48-25-9-12-39(48)43(51)56-45(3,4)5)31(2)41(55-44)35-19-17-34(29-49)18-20-35/h6-8,10-11,13-24,31,38-41,44,47,49H,9,12,25-29H2,1-5H3,(H,46,50)/t31-,38-,39+,40+,41+,44+/m1/s1. The molecule has 2 saturated heterocycles. The van der Waals surface area contributed by atoms with Crippen molar-refractivity contribution < 1.29 is 37.3 Å². The second kappa shape index (κ2) is 18.4. The summed E-state index contributed by atoms with van der Waals surface area (Å²) in [5.41, 5.74) is 4.54. The van der Waals surface area contributed by atoms with Crippen LogP contribution in [-0.4, -0.2) is 67.2 Å². The Morgan fingerprint density at radius 1 is 0.877 bits per heavy atom. The van der Waals surface area contributed by atoms with E-state index in [1.54, 1.807) is 12.1 Å². The van der Waals surface area contributed by atoms with Crippen LogP contribution in [0.2, 0.25) is 0 Å². The van der Waals surface area contributed by atoms with Crippen LogP contribution in [0, 0.1) is 12.8 Å². The number of nitrogens with one attached hydrogen (secondary N) is 2. The van der Waals surface area contributed by atoms with Crippen LogP contribution in [0.4, 0.5) is 0 Å². The molecule has 4 aromatic rings. The summed E-state index contributed by atoms with van der Waals surface area (Å²) in [4.78, 5) is 29.1. The number of rotatable bonds is 14. The number of ether oxygens (including phenoxy) is 3. The molecule has 2 aliphatic rings. The largest absolute Gasteiger partial charge is 0.459 e. The van der Waals surface area contributed by atoms with Gasteiger partial charge in [0.2, 0.25) is 15.9 Å². The molecule has 0 spiro atoms. The Balaban J connectivity index is 1.16. The van der Waals surface area contributed by atoms with Gasteiger partial charge < -0.3 is 24.6 Å². The Kier molecular flexibility index (Phi) is 13.6. The van der Waals surface area contributed by atoms with Crippen molar-refractivity contribution in [1.29, 1.82) is 0 Å². The van der Waals surface area contributed by atoms with Crippen LogP contribution in [-0.2, 0) is 53.4 Å². The van der Waals surface area contributed by atoms with Crippen LogP contribution < -0.4 is 10.0 Å². The smallest absolute Gasteiger partial charge is 0.323 e. The summed E-state index contributed by atoms with van der Waals surface area (Å²) < 4.78 is 48.4. The molecule has 0 aliphatic carbocycles. The van der Waals surface area contributed by atoms with Crippen LogP contribution in [0.1, 0.15) is 86.3 Å². The van der Waals surface area contributed by atoms with E-state index in [-0.39, 0.29) is 54.6 Å². The number of esters is 1. The first kappa shape index (κ1) is 42.2. The van der Waals surface area contributed by atoms with Crippen molar-refractivity contribution >= 4 is 21.9 Å². The molecule has 4 aromatic carbocycles. The lowest BCUT2D eigenvalue weighted by Gasteiger charge is -2.43. The third kappa shape index (κ3) is 11.2. The van der Waals surface area contributed by atoms with E-state index in [2.05, 4.69) is 21.9 Å². The van der Waals surface area contributed by atoms with Crippen molar-refractivity contribution in [2.45, 2.75) is 108 Å². The molecule has 6 rings (SSSR count). The normalized spacial score (nSPS) is 22.2. The zero-order valence-corrected chi connectivity index (χ0v) is 34.2. The van der Waals surface area contributed by atoms with Gasteiger partial charge >= 0.3 is 5.97 Å². The van der Waals surface area contributed by atoms with E-state index in [4.69, 9.17) is 14.2 Å². The molecule has 0 radical (unpaired) electrons. The summed E-state index contributed by atoms with van der Waals surface area (Å²) >= 11 is 0. The highest BCUT2D eigenvalue weighted by Crippen LogP contribution is 2.42. The van der Waals surface area contributed by atoms with Crippen LogP contribution in [0.25, 0.3) is 0 Å². The first-order valence-corrected chi connectivity index (χ1v) is 21.1. The average Bonchev–Trinajstić information content (AvgIpc) is 3.66. The summed E-state index contributed by atoms with van der Waals surface area (Å²) in [5.74, 6) is -0.732. The lowest BCUT2D eigenvalue weighted by molar-refractivity contribution is -0.276. The molecule has 1 amide bonds. The van der Waals surface area contributed by atoms with Gasteiger partial charge in [0.1, 0.15) is 17.7 Å². The van der Waals surface area contributed by atoms with Gasteiger partial charge in [0.05, 0.1) is 23.7 Å². The van der Waals surface area contributed by atoms with E-state index >= 15 is 0 Å². The number of sulfonamides is 1. The van der Waals surface area contributed by atoms with E-state index in [1.807, 2.05) is 107 Å². The summed E-state index contributed by atoms with van der Waals surface area (Å²) in [5, 5.41) is 12.6. The molecular formula is C45H55N3O8S. The molecule has 11 nitrogen and oxygen atoms in total. The fourth-order valence-corrected chi connectivity index (χ4v) is 8.55. The highest BCUT2D eigenvalue weighted by molar-refractivity contribution is 7.89. The highest BCUT2D eigenvalue weighted by atomic mass is 32.2. The van der Waals surface area contributed by atoms with Crippen LogP contribution in [0.5, 0.6) is 0 Å². The van der Waals surface area contributed by atoms with E-state index in [9.17, 15) is 23.1 Å².